The molecule has 35 heavy (non-hydrogen) atoms. The summed E-state index contributed by atoms with van der Waals surface area (Å²) in [4.78, 5) is 21.0. The number of fused-ring (bicyclic) bond motifs is 1. The highest BCUT2D eigenvalue weighted by Gasteiger charge is 2.27. The van der Waals surface area contributed by atoms with Crippen LogP contribution in [0.4, 0.5) is 0 Å². The van der Waals surface area contributed by atoms with Gasteiger partial charge in [0, 0.05) is 32.3 Å². The molecule has 0 bridgehead atoms. The number of methoxy groups -OCH3 is 1. The van der Waals surface area contributed by atoms with Crippen LogP contribution in [0.15, 0.2) is 60.7 Å². The average molecular weight is 471 g/mol. The van der Waals surface area contributed by atoms with Crippen LogP contribution in [0.1, 0.15) is 34.5 Å². The van der Waals surface area contributed by atoms with Crippen molar-refractivity contribution in [2.24, 2.45) is 7.05 Å². The van der Waals surface area contributed by atoms with Gasteiger partial charge in [-0.15, -0.1) is 0 Å². The van der Waals surface area contributed by atoms with Crippen LogP contribution < -0.4 is 4.74 Å². The zero-order valence-corrected chi connectivity index (χ0v) is 20.4. The van der Waals surface area contributed by atoms with Gasteiger partial charge in [-0.05, 0) is 43.5 Å². The number of hydrogen-bond acceptors (Lipinski definition) is 5. The summed E-state index contributed by atoms with van der Waals surface area (Å²) in [6.07, 6.45) is 2.01. The molecule has 7 nitrogen and oxygen atoms in total. The highest BCUT2D eigenvalue weighted by molar-refractivity contribution is 6.07. The first-order valence-electron chi connectivity index (χ1n) is 12.0. The molecule has 0 N–H and O–H groups in total. The number of rotatable bonds is 7. The van der Waals surface area contributed by atoms with Gasteiger partial charge >= 0.3 is 0 Å². The fraction of sp³-hybridized carbons (Fsp3) is 0.321. The predicted molar refractivity (Wildman–Crippen MR) is 135 cm³/mol. The van der Waals surface area contributed by atoms with Gasteiger partial charge in [0.25, 0.3) is 5.91 Å². The molecule has 0 spiro atoms. The fourth-order valence-electron chi connectivity index (χ4n) is 4.79. The second-order valence-corrected chi connectivity index (χ2v) is 9.00. The molecule has 1 amide bonds. The number of carbonyl (C=O) groups is 1. The summed E-state index contributed by atoms with van der Waals surface area (Å²) in [5, 5.41) is 5.37. The highest BCUT2D eigenvalue weighted by atomic mass is 16.5. The van der Waals surface area contributed by atoms with Gasteiger partial charge in [0.05, 0.1) is 35.6 Å². The van der Waals surface area contributed by atoms with Crippen molar-refractivity contribution in [1.29, 1.82) is 0 Å². The number of amides is 1. The monoisotopic (exact) mass is 470 g/mol. The lowest BCUT2D eigenvalue weighted by Gasteiger charge is -2.26. The van der Waals surface area contributed by atoms with E-state index in [4.69, 9.17) is 14.5 Å². The zero-order chi connectivity index (χ0) is 24.4. The summed E-state index contributed by atoms with van der Waals surface area (Å²) in [6, 6.07) is 19.7. The molecule has 1 atom stereocenters. The molecule has 1 fully saturated rings. The van der Waals surface area contributed by atoms with Crippen molar-refractivity contribution >= 4 is 16.9 Å². The Morgan fingerprint density at radius 2 is 2.00 bits per heavy atom. The van der Waals surface area contributed by atoms with Gasteiger partial charge in [0.2, 0.25) is 0 Å². The molecule has 4 aromatic rings. The molecule has 3 heterocycles. The topological polar surface area (TPSA) is 69.5 Å². The van der Waals surface area contributed by atoms with Gasteiger partial charge in [0.1, 0.15) is 5.75 Å². The SMILES string of the molecule is COc1cccc(CN(CC2CCCO2)C(=O)c2cc(-c3ccccc3)nc3c2c(C)nn3C)c1. The molecule has 2 aromatic carbocycles. The molecule has 1 unspecified atom stereocenters. The number of nitrogens with zero attached hydrogens (tertiary/aromatic N) is 4. The maximum atomic E-state index is 14.2. The van der Waals surface area contributed by atoms with Gasteiger partial charge in [-0.2, -0.15) is 5.10 Å². The molecule has 0 radical (unpaired) electrons. The Hall–Kier alpha value is -3.71. The number of aryl methyl sites for hydroxylation is 2. The number of ether oxygens (including phenoxy) is 2. The molecule has 1 aliphatic rings. The van der Waals surface area contributed by atoms with E-state index < -0.39 is 0 Å². The lowest BCUT2D eigenvalue weighted by atomic mass is 10.0. The van der Waals surface area contributed by atoms with Crippen LogP contribution in [0.5, 0.6) is 5.75 Å². The molecule has 5 rings (SSSR count). The third-order valence-corrected chi connectivity index (χ3v) is 6.51. The van der Waals surface area contributed by atoms with Crippen LogP contribution in [0.25, 0.3) is 22.3 Å². The Morgan fingerprint density at radius 3 is 2.74 bits per heavy atom. The van der Waals surface area contributed by atoms with Crippen molar-refractivity contribution in [1.82, 2.24) is 19.7 Å². The van der Waals surface area contributed by atoms with E-state index in [1.54, 1.807) is 11.8 Å². The van der Waals surface area contributed by atoms with E-state index in [9.17, 15) is 4.79 Å². The maximum Gasteiger partial charge on any atom is 0.255 e. The third kappa shape index (κ3) is 4.77. The Kier molecular flexibility index (Phi) is 6.51. The largest absolute Gasteiger partial charge is 0.497 e. The first-order valence-corrected chi connectivity index (χ1v) is 12.0. The normalized spacial score (nSPS) is 15.5. The van der Waals surface area contributed by atoms with Crippen molar-refractivity contribution in [2.45, 2.75) is 32.4 Å². The number of benzene rings is 2. The number of pyridine rings is 1. The van der Waals surface area contributed by atoms with Crippen molar-refractivity contribution < 1.29 is 14.3 Å². The van der Waals surface area contributed by atoms with Crippen LogP contribution in [0, 0.1) is 6.92 Å². The lowest BCUT2D eigenvalue weighted by Crippen LogP contribution is -2.37. The summed E-state index contributed by atoms with van der Waals surface area (Å²) in [7, 11) is 3.52. The van der Waals surface area contributed by atoms with Crippen molar-refractivity contribution in [3.05, 3.63) is 77.5 Å². The van der Waals surface area contributed by atoms with E-state index in [2.05, 4.69) is 5.10 Å². The number of carbonyl (C=O) groups excluding carboxylic acids is 1. The summed E-state index contributed by atoms with van der Waals surface area (Å²) < 4.78 is 13.1. The first-order chi connectivity index (χ1) is 17.0. The van der Waals surface area contributed by atoms with E-state index in [0.29, 0.717) is 24.3 Å². The number of aromatic nitrogens is 3. The second-order valence-electron chi connectivity index (χ2n) is 9.00. The third-order valence-electron chi connectivity index (χ3n) is 6.51. The van der Waals surface area contributed by atoms with E-state index in [-0.39, 0.29) is 12.0 Å². The zero-order valence-electron chi connectivity index (χ0n) is 20.4. The average Bonchev–Trinajstić information content (AvgIpc) is 3.50. The second kappa shape index (κ2) is 9.88. The van der Waals surface area contributed by atoms with Crippen molar-refractivity contribution in [3.63, 3.8) is 0 Å². The fourth-order valence-corrected chi connectivity index (χ4v) is 4.79. The minimum absolute atomic E-state index is 0.0328. The molecule has 180 valence electrons. The van der Waals surface area contributed by atoms with Crippen molar-refractivity contribution in [3.8, 4) is 17.0 Å². The van der Waals surface area contributed by atoms with Crippen LogP contribution in [0.2, 0.25) is 0 Å². The van der Waals surface area contributed by atoms with Gasteiger partial charge in [-0.1, -0.05) is 42.5 Å². The Labute approximate surface area is 205 Å². The minimum atomic E-state index is -0.0519. The van der Waals surface area contributed by atoms with Crippen molar-refractivity contribution in [2.75, 3.05) is 20.3 Å². The maximum absolute atomic E-state index is 14.2. The Bertz CT molecular complexity index is 1340. The van der Waals surface area contributed by atoms with Gasteiger partial charge in [0.15, 0.2) is 5.65 Å². The predicted octanol–water partition coefficient (Wildman–Crippen LogP) is 4.77. The van der Waals surface area contributed by atoms with Crippen LogP contribution in [-0.4, -0.2) is 51.9 Å². The van der Waals surface area contributed by atoms with Gasteiger partial charge in [-0.3, -0.25) is 9.48 Å². The summed E-state index contributed by atoms with van der Waals surface area (Å²) in [6.45, 7) is 3.65. The summed E-state index contributed by atoms with van der Waals surface area (Å²) >= 11 is 0. The molecule has 7 heteroatoms. The summed E-state index contributed by atoms with van der Waals surface area (Å²) in [5.41, 5.74) is 4.82. The van der Waals surface area contributed by atoms with Crippen LogP contribution in [0.3, 0.4) is 0 Å². The molecule has 2 aromatic heterocycles. The number of hydrogen-bond donors (Lipinski definition) is 0. The minimum Gasteiger partial charge on any atom is -0.497 e. The van der Waals surface area contributed by atoms with E-state index in [1.807, 2.05) is 79.5 Å². The lowest BCUT2D eigenvalue weighted by molar-refractivity contribution is 0.0508. The first kappa shape index (κ1) is 23.1. The van der Waals surface area contributed by atoms with Gasteiger partial charge < -0.3 is 14.4 Å². The Morgan fingerprint density at radius 1 is 1.17 bits per heavy atom. The molecule has 1 aliphatic heterocycles. The van der Waals surface area contributed by atoms with Gasteiger partial charge in [-0.25, -0.2) is 4.98 Å². The Balaban J connectivity index is 1.59. The molecule has 0 aliphatic carbocycles. The molecule has 0 saturated carbocycles. The summed E-state index contributed by atoms with van der Waals surface area (Å²) in [5.74, 6) is 0.719. The van der Waals surface area contributed by atoms with E-state index in [1.165, 1.54) is 0 Å². The highest BCUT2D eigenvalue weighted by Crippen LogP contribution is 2.29. The smallest absolute Gasteiger partial charge is 0.255 e. The standard InChI is InChI=1S/C28H30N4O3/c1-19-26-24(16-25(21-10-5-4-6-11-21)29-27(26)31(2)30-19)28(33)32(18-23-13-8-14-35-23)17-20-9-7-12-22(15-20)34-3/h4-7,9-12,15-16,23H,8,13-14,17-18H2,1-3H3. The van der Waals surface area contributed by atoms with Crippen LogP contribution in [-0.2, 0) is 18.3 Å². The molecular formula is C28H30N4O3. The van der Waals surface area contributed by atoms with Crippen LogP contribution >= 0.6 is 0 Å². The van der Waals surface area contributed by atoms with E-state index in [0.717, 1.165) is 53.1 Å². The molecule has 1 saturated heterocycles. The quantitative estimate of drug-likeness (QED) is 0.389. The van der Waals surface area contributed by atoms with E-state index >= 15 is 0 Å². The molecular weight excluding hydrogens is 440 g/mol.